The maximum Gasteiger partial charge on any atom is 0.472 e. The molecule has 0 heterocycles. The Morgan fingerprint density at radius 2 is 0.472 bits per heavy atom. The van der Waals surface area contributed by atoms with Gasteiger partial charge in [-0.05, 0) is 49.4 Å². The van der Waals surface area contributed by atoms with E-state index in [2.05, 4.69) is 55.4 Å². The molecule has 0 radical (unpaired) electrons. The summed E-state index contributed by atoms with van der Waals surface area (Å²) < 4.78 is 68.3. The van der Waals surface area contributed by atoms with E-state index < -0.39 is 97.5 Å². The van der Waals surface area contributed by atoms with Gasteiger partial charge < -0.3 is 33.8 Å². The van der Waals surface area contributed by atoms with Crippen LogP contribution in [0.3, 0.4) is 0 Å². The first-order valence-electron chi connectivity index (χ1n) is 36.2. The molecule has 3 unspecified atom stereocenters. The molecule has 0 aliphatic carbocycles. The van der Waals surface area contributed by atoms with E-state index in [4.69, 9.17) is 37.0 Å². The standard InChI is InChI=1S/C70H136O17P2/c1-60(2)46-38-30-22-16-12-9-10-14-18-26-36-44-52-69(74)86-65(56-80-67(72)50-42-34-28-20-24-32-40-48-62(5)6)58-84-88(76,77)82-54-64(71)55-83-89(78,79)85-59-66(57-81-68(73)51-43-35-29-21-25-33-41-49-63(7)8)87-70(75)53-45-37-27-19-15-11-13-17-23-31-39-47-61(3)4/h60-66,71H,9-59H2,1-8H3,(H,76,77)(H,78,79)/t64?,65-,66-/m1/s1. The summed E-state index contributed by atoms with van der Waals surface area (Å²) in [7, 11) is -9.90. The van der Waals surface area contributed by atoms with Crippen LogP contribution in [0.15, 0.2) is 0 Å². The van der Waals surface area contributed by atoms with Crippen LogP contribution in [0.4, 0.5) is 0 Å². The molecule has 0 aliphatic rings. The Kier molecular flexibility index (Phi) is 58.5. The van der Waals surface area contributed by atoms with Gasteiger partial charge in [-0.15, -0.1) is 0 Å². The van der Waals surface area contributed by atoms with Crippen molar-refractivity contribution in [2.24, 2.45) is 23.7 Å². The Labute approximate surface area is 543 Å². The molecule has 0 fully saturated rings. The number of esters is 4. The molecule has 528 valence electrons. The molecule has 0 amide bonds. The van der Waals surface area contributed by atoms with Crippen molar-refractivity contribution in [3.05, 3.63) is 0 Å². The van der Waals surface area contributed by atoms with Crippen LogP contribution in [-0.4, -0.2) is 96.7 Å². The largest absolute Gasteiger partial charge is 0.472 e. The Bertz CT molecular complexity index is 1760. The highest BCUT2D eigenvalue weighted by molar-refractivity contribution is 7.47. The fourth-order valence-corrected chi connectivity index (χ4v) is 12.1. The highest BCUT2D eigenvalue weighted by atomic mass is 31.2. The lowest BCUT2D eigenvalue weighted by Crippen LogP contribution is -2.30. The lowest BCUT2D eigenvalue weighted by molar-refractivity contribution is -0.161. The molecule has 0 rings (SSSR count). The number of carbonyl (C=O) groups excluding carboxylic acids is 4. The topological polar surface area (TPSA) is 237 Å². The summed E-state index contributed by atoms with van der Waals surface area (Å²) in [6.07, 6.45) is 41.8. The van der Waals surface area contributed by atoms with Crippen LogP contribution < -0.4 is 0 Å². The number of phosphoric ester groups is 2. The third kappa shape index (κ3) is 64.6. The summed E-state index contributed by atoms with van der Waals surface area (Å²) in [6.45, 7) is 14.0. The van der Waals surface area contributed by atoms with Gasteiger partial charge in [0.1, 0.15) is 19.3 Å². The van der Waals surface area contributed by atoms with Gasteiger partial charge in [-0.3, -0.25) is 37.3 Å². The average Bonchev–Trinajstić information content (AvgIpc) is 3.62. The fraction of sp³-hybridized carbons (Fsp3) is 0.943. The summed E-state index contributed by atoms with van der Waals surface area (Å²) in [5.74, 6) is 0.822. The first kappa shape index (κ1) is 87.1. The maximum atomic E-state index is 13.0. The number of hydrogen-bond acceptors (Lipinski definition) is 15. The number of hydrogen-bond donors (Lipinski definition) is 3. The third-order valence-electron chi connectivity index (χ3n) is 16.1. The van der Waals surface area contributed by atoms with Crippen LogP contribution in [0, 0.1) is 23.7 Å². The Hall–Kier alpha value is -1.94. The van der Waals surface area contributed by atoms with Crippen molar-refractivity contribution in [2.45, 2.75) is 363 Å². The number of ether oxygens (including phenoxy) is 4. The number of aliphatic hydroxyl groups excluding tert-OH is 1. The molecule has 5 atom stereocenters. The normalized spacial score (nSPS) is 14.3. The smallest absolute Gasteiger partial charge is 0.462 e. The number of phosphoric acid groups is 2. The molecule has 19 heteroatoms. The lowest BCUT2D eigenvalue weighted by atomic mass is 10.0. The zero-order chi connectivity index (χ0) is 66.1. The van der Waals surface area contributed by atoms with E-state index in [1.807, 2.05) is 0 Å². The maximum absolute atomic E-state index is 13.0. The average molecular weight is 1310 g/mol. The number of rotatable bonds is 67. The minimum atomic E-state index is -4.95. The SMILES string of the molecule is CC(C)CCCCCCCCCCCCCCC(=O)O[C@H](COC(=O)CCCCCCCCCC(C)C)COP(=O)(O)OCC(O)COP(=O)(O)OC[C@@H](COC(=O)CCCCCCCCCC(C)C)OC(=O)CCCCCCCCCCCCCC(C)C. The van der Waals surface area contributed by atoms with Crippen molar-refractivity contribution < 1.29 is 80.2 Å². The molecule has 3 N–H and O–H groups in total. The van der Waals surface area contributed by atoms with Gasteiger partial charge in [0, 0.05) is 25.7 Å². The van der Waals surface area contributed by atoms with Gasteiger partial charge in [0.25, 0.3) is 0 Å². The summed E-state index contributed by atoms with van der Waals surface area (Å²) >= 11 is 0. The predicted octanol–water partition coefficient (Wildman–Crippen LogP) is 19.7. The predicted molar refractivity (Wildman–Crippen MR) is 358 cm³/mol. The molecule has 0 spiro atoms. The number of carbonyl (C=O) groups is 4. The second kappa shape index (κ2) is 59.8. The number of unbranched alkanes of at least 4 members (excludes halogenated alkanes) is 33. The lowest BCUT2D eigenvalue weighted by Gasteiger charge is -2.21. The van der Waals surface area contributed by atoms with Crippen molar-refractivity contribution in [2.75, 3.05) is 39.6 Å². The van der Waals surface area contributed by atoms with Gasteiger partial charge in [0.2, 0.25) is 0 Å². The highest BCUT2D eigenvalue weighted by Gasteiger charge is 2.30. The third-order valence-corrected chi connectivity index (χ3v) is 18.0. The quantitative estimate of drug-likeness (QED) is 0.0222. The van der Waals surface area contributed by atoms with Gasteiger partial charge in [-0.1, -0.05) is 293 Å². The molecule has 0 bridgehead atoms. The summed E-state index contributed by atoms with van der Waals surface area (Å²) in [5, 5.41) is 10.6. The molecule has 0 aromatic heterocycles. The monoisotopic (exact) mass is 1310 g/mol. The van der Waals surface area contributed by atoms with Crippen LogP contribution in [0.1, 0.15) is 344 Å². The molecular formula is C70H136O17P2. The van der Waals surface area contributed by atoms with Gasteiger partial charge in [0.05, 0.1) is 26.4 Å². The molecule has 0 aromatic rings. The second-order valence-electron chi connectivity index (χ2n) is 27.2. The Morgan fingerprint density at radius 3 is 0.697 bits per heavy atom. The van der Waals surface area contributed by atoms with Crippen molar-refractivity contribution in [3.8, 4) is 0 Å². The Balaban J connectivity index is 5.25. The first-order chi connectivity index (χ1) is 42.6. The van der Waals surface area contributed by atoms with Crippen LogP contribution in [-0.2, 0) is 65.4 Å². The molecular weight excluding hydrogens is 1170 g/mol. The van der Waals surface area contributed by atoms with E-state index in [0.29, 0.717) is 37.5 Å². The van der Waals surface area contributed by atoms with Crippen molar-refractivity contribution in [3.63, 3.8) is 0 Å². The summed E-state index contributed by atoms with van der Waals surface area (Å²) in [5.41, 5.74) is 0. The van der Waals surface area contributed by atoms with Gasteiger partial charge in [0.15, 0.2) is 12.2 Å². The molecule has 17 nitrogen and oxygen atoms in total. The number of aliphatic hydroxyl groups is 1. The van der Waals surface area contributed by atoms with E-state index in [9.17, 15) is 43.2 Å². The molecule has 0 aliphatic heterocycles. The van der Waals surface area contributed by atoms with E-state index in [0.717, 1.165) is 115 Å². The van der Waals surface area contributed by atoms with Crippen molar-refractivity contribution in [1.82, 2.24) is 0 Å². The zero-order valence-electron chi connectivity index (χ0n) is 58.1. The van der Waals surface area contributed by atoms with Gasteiger partial charge >= 0.3 is 39.5 Å². The minimum Gasteiger partial charge on any atom is -0.462 e. The highest BCUT2D eigenvalue weighted by Crippen LogP contribution is 2.45. The molecule has 0 aromatic carbocycles. The van der Waals surface area contributed by atoms with E-state index in [1.165, 1.54) is 135 Å². The minimum absolute atomic E-state index is 0.105. The van der Waals surface area contributed by atoms with E-state index >= 15 is 0 Å². The molecule has 89 heavy (non-hydrogen) atoms. The van der Waals surface area contributed by atoms with E-state index in [1.54, 1.807) is 0 Å². The summed E-state index contributed by atoms with van der Waals surface area (Å²) in [6, 6.07) is 0. The molecule has 0 saturated carbocycles. The second-order valence-corrected chi connectivity index (χ2v) is 30.1. The zero-order valence-corrected chi connectivity index (χ0v) is 59.8. The van der Waals surface area contributed by atoms with Gasteiger partial charge in [-0.2, -0.15) is 0 Å². The molecule has 0 saturated heterocycles. The van der Waals surface area contributed by atoms with Crippen LogP contribution in [0.2, 0.25) is 0 Å². The first-order valence-corrected chi connectivity index (χ1v) is 39.2. The van der Waals surface area contributed by atoms with E-state index in [-0.39, 0.29) is 25.7 Å². The Morgan fingerprint density at radius 1 is 0.281 bits per heavy atom. The van der Waals surface area contributed by atoms with Gasteiger partial charge in [-0.25, -0.2) is 9.13 Å². The summed E-state index contributed by atoms with van der Waals surface area (Å²) in [4.78, 5) is 72.5. The van der Waals surface area contributed by atoms with Crippen LogP contribution in [0.5, 0.6) is 0 Å². The van der Waals surface area contributed by atoms with Crippen molar-refractivity contribution in [1.29, 1.82) is 0 Å². The van der Waals surface area contributed by atoms with Crippen LogP contribution >= 0.6 is 15.6 Å². The van der Waals surface area contributed by atoms with Crippen molar-refractivity contribution >= 4 is 39.5 Å². The fourth-order valence-electron chi connectivity index (χ4n) is 10.5. The van der Waals surface area contributed by atoms with Crippen LogP contribution in [0.25, 0.3) is 0 Å².